The van der Waals surface area contributed by atoms with E-state index in [0.29, 0.717) is 24.8 Å². The van der Waals surface area contributed by atoms with Crippen LogP contribution in [0.5, 0.6) is 0 Å². The van der Waals surface area contributed by atoms with Crippen molar-refractivity contribution in [2.75, 3.05) is 13.2 Å². The molecule has 4 aliphatic carbocycles. The first-order valence-corrected chi connectivity index (χ1v) is 8.65. The Morgan fingerprint density at radius 2 is 1.56 bits per heavy atom. The zero-order valence-corrected chi connectivity index (χ0v) is 11.6. The Balaban J connectivity index is 1.72. The highest BCUT2D eigenvalue weighted by atomic mass is 32.2. The lowest BCUT2D eigenvalue weighted by atomic mass is 9.56. The molecule has 0 aromatic rings. The van der Waals surface area contributed by atoms with E-state index in [1.165, 1.54) is 6.42 Å². The summed E-state index contributed by atoms with van der Waals surface area (Å²) in [7, 11) is -3.37. The van der Waals surface area contributed by atoms with Crippen molar-refractivity contribution in [1.29, 1.82) is 0 Å². The van der Waals surface area contributed by atoms with Crippen LogP contribution in [0.1, 0.15) is 38.5 Å². The van der Waals surface area contributed by atoms with Crippen LogP contribution in [0.3, 0.4) is 0 Å². The minimum absolute atomic E-state index is 0.219. The lowest BCUT2D eigenvalue weighted by Gasteiger charge is -2.53. The highest BCUT2D eigenvalue weighted by Crippen LogP contribution is 2.55. The van der Waals surface area contributed by atoms with Crippen molar-refractivity contribution < 1.29 is 12.6 Å². The topological polar surface area (TPSA) is 69.4 Å². The molecule has 0 atom stereocenters. The second-order valence-corrected chi connectivity index (χ2v) is 8.12. The van der Waals surface area contributed by atoms with E-state index >= 15 is 0 Å². The normalized spacial score (nSPS) is 42.4. The molecule has 5 heteroatoms. The maximum atomic E-state index is 12.3. The molecule has 0 aromatic carbocycles. The third kappa shape index (κ3) is 2.21. The Labute approximate surface area is 109 Å². The summed E-state index contributed by atoms with van der Waals surface area (Å²) in [6.45, 7) is 0.735. The number of hydrogen-bond donors (Lipinski definition) is 1. The van der Waals surface area contributed by atoms with Gasteiger partial charge in [-0.15, -0.1) is 0 Å². The largest absolute Gasteiger partial charge is 0.330 e. The van der Waals surface area contributed by atoms with Crippen molar-refractivity contribution >= 4 is 10.1 Å². The van der Waals surface area contributed by atoms with Crippen LogP contribution in [0.25, 0.3) is 0 Å². The molecule has 4 aliphatic rings. The molecule has 0 spiro atoms. The summed E-state index contributed by atoms with van der Waals surface area (Å²) < 4.78 is 29.9. The molecule has 4 nitrogen and oxygen atoms in total. The molecule has 4 fully saturated rings. The Hall–Kier alpha value is -0.130. The van der Waals surface area contributed by atoms with Gasteiger partial charge in [-0.05, 0) is 68.7 Å². The molecule has 2 N–H and O–H groups in total. The molecular weight excluding hydrogens is 250 g/mol. The minimum atomic E-state index is -3.37. The van der Waals surface area contributed by atoms with E-state index in [1.54, 1.807) is 0 Å². The van der Waals surface area contributed by atoms with Crippen LogP contribution in [-0.4, -0.2) is 26.8 Å². The molecule has 0 heterocycles. The van der Waals surface area contributed by atoms with Gasteiger partial charge in [0.15, 0.2) is 0 Å². The predicted octanol–water partition coefficient (Wildman–Crippen LogP) is 1.51. The van der Waals surface area contributed by atoms with Gasteiger partial charge in [0.25, 0.3) is 10.1 Å². The second kappa shape index (κ2) is 4.76. The summed E-state index contributed by atoms with van der Waals surface area (Å²) in [4.78, 5) is 0. The van der Waals surface area contributed by atoms with Gasteiger partial charge in [0.2, 0.25) is 0 Å². The molecule has 0 unspecified atom stereocenters. The van der Waals surface area contributed by atoms with E-state index in [1.807, 2.05) is 0 Å². The first-order valence-electron chi connectivity index (χ1n) is 7.18. The molecule has 0 aromatic heterocycles. The van der Waals surface area contributed by atoms with Gasteiger partial charge < -0.3 is 5.73 Å². The van der Waals surface area contributed by atoms with E-state index in [2.05, 4.69) is 0 Å². The van der Waals surface area contributed by atoms with Crippen molar-refractivity contribution in [3.63, 3.8) is 0 Å². The summed E-state index contributed by atoms with van der Waals surface area (Å²) in [6, 6.07) is 0. The maximum absolute atomic E-state index is 12.3. The highest BCUT2D eigenvalue weighted by molar-refractivity contribution is 7.87. The van der Waals surface area contributed by atoms with E-state index in [-0.39, 0.29) is 11.9 Å². The molecule has 18 heavy (non-hydrogen) atoms. The van der Waals surface area contributed by atoms with E-state index in [0.717, 1.165) is 37.5 Å². The van der Waals surface area contributed by atoms with Crippen LogP contribution >= 0.6 is 0 Å². The van der Waals surface area contributed by atoms with Crippen LogP contribution in [-0.2, 0) is 14.3 Å². The first-order chi connectivity index (χ1) is 8.60. The molecule has 0 aliphatic heterocycles. The van der Waals surface area contributed by atoms with Gasteiger partial charge in [-0.2, -0.15) is 8.42 Å². The molecule has 0 radical (unpaired) electrons. The quantitative estimate of drug-likeness (QED) is 0.609. The van der Waals surface area contributed by atoms with E-state index in [9.17, 15) is 8.42 Å². The van der Waals surface area contributed by atoms with Crippen LogP contribution in [0, 0.1) is 23.7 Å². The fraction of sp³-hybridized carbons (Fsp3) is 1.00. The first kappa shape index (κ1) is 12.9. The minimum Gasteiger partial charge on any atom is -0.330 e. The van der Waals surface area contributed by atoms with Crippen LogP contribution < -0.4 is 5.73 Å². The average Bonchev–Trinajstić information content (AvgIpc) is 2.27. The van der Waals surface area contributed by atoms with Crippen molar-refractivity contribution in [1.82, 2.24) is 0 Å². The van der Waals surface area contributed by atoms with Crippen molar-refractivity contribution in [2.45, 2.75) is 43.8 Å². The fourth-order valence-electron chi connectivity index (χ4n) is 4.68. The van der Waals surface area contributed by atoms with Crippen LogP contribution in [0.2, 0.25) is 0 Å². The highest BCUT2D eigenvalue weighted by Gasteiger charge is 2.53. The maximum Gasteiger partial charge on any atom is 0.270 e. The van der Waals surface area contributed by atoms with E-state index in [4.69, 9.17) is 9.92 Å². The third-order valence-electron chi connectivity index (χ3n) is 5.07. The lowest BCUT2D eigenvalue weighted by molar-refractivity contribution is 0.0200. The summed E-state index contributed by atoms with van der Waals surface area (Å²) in [5, 5.41) is -0.219. The molecule has 4 rings (SSSR count). The summed E-state index contributed by atoms with van der Waals surface area (Å²) in [5.41, 5.74) is 5.38. The fourth-order valence-corrected chi connectivity index (χ4v) is 6.58. The van der Waals surface area contributed by atoms with Gasteiger partial charge in [-0.3, -0.25) is 4.18 Å². The van der Waals surface area contributed by atoms with Crippen LogP contribution in [0.4, 0.5) is 0 Å². The van der Waals surface area contributed by atoms with Crippen molar-refractivity contribution in [3.05, 3.63) is 0 Å². The molecule has 4 saturated carbocycles. The Morgan fingerprint density at radius 3 is 2.06 bits per heavy atom. The monoisotopic (exact) mass is 273 g/mol. The smallest absolute Gasteiger partial charge is 0.270 e. The zero-order chi connectivity index (χ0) is 12.8. The number of rotatable bonds is 5. The summed E-state index contributed by atoms with van der Waals surface area (Å²) in [6.07, 6.45) is 6.39. The predicted molar refractivity (Wildman–Crippen MR) is 69.4 cm³/mol. The van der Waals surface area contributed by atoms with Gasteiger partial charge >= 0.3 is 0 Å². The van der Waals surface area contributed by atoms with Crippen molar-refractivity contribution in [3.8, 4) is 0 Å². The Morgan fingerprint density at radius 1 is 1.00 bits per heavy atom. The van der Waals surface area contributed by atoms with Gasteiger partial charge in [-0.25, -0.2) is 0 Å². The SMILES string of the molecule is NCCCOS(=O)(=O)C1C2CC3CC(C2)CC1C3. The molecule has 0 amide bonds. The second-order valence-electron chi connectivity index (χ2n) is 6.35. The summed E-state index contributed by atoms with van der Waals surface area (Å²) in [5.74, 6) is 2.32. The standard InChI is InChI=1S/C13H23NO3S/c14-2-1-3-17-18(15,16)13-11-5-9-4-10(7-11)8-12(13)6-9/h9-13H,1-8,14H2. The third-order valence-corrected chi connectivity index (χ3v) is 7.00. The zero-order valence-electron chi connectivity index (χ0n) is 10.8. The van der Waals surface area contributed by atoms with Gasteiger partial charge in [0.05, 0.1) is 11.9 Å². The van der Waals surface area contributed by atoms with Gasteiger partial charge in [0, 0.05) is 0 Å². The van der Waals surface area contributed by atoms with Crippen LogP contribution in [0.15, 0.2) is 0 Å². The average molecular weight is 273 g/mol. The number of hydrogen-bond acceptors (Lipinski definition) is 4. The lowest BCUT2D eigenvalue weighted by Crippen LogP contribution is -2.51. The molecule has 0 saturated heterocycles. The number of nitrogens with two attached hydrogens (primary N) is 1. The van der Waals surface area contributed by atoms with Gasteiger partial charge in [-0.1, -0.05) is 0 Å². The Kier molecular flexibility index (Phi) is 3.41. The van der Waals surface area contributed by atoms with Crippen molar-refractivity contribution in [2.24, 2.45) is 29.4 Å². The Bertz CT molecular complexity index is 378. The van der Waals surface area contributed by atoms with E-state index < -0.39 is 10.1 Å². The molecule has 104 valence electrons. The van der Waals surface area contributed by atoms with Gasteiger partial charge in [0.1, 0.15) is 0 Å². The molecular formula is C13H23NO3S. The molecule has 4 bridgehead atoms. The summed E-state index contributed by atoms with van der Waals surface area (Å²) >= 11 is 0.